The number of amides is 1. The monoisotopic (exact) mass is 670 g/mol. The molecule has 1 amide bonds. The zero-order chi connectivity index (χ0) is 33.8. The number of hydrogen-bond acceptors (Lipinski definition) is 8. The molecular weight excluding hydrogens is 644 g/mol. The molecule has 3 N–H and O–H groups in total. The smallest absolute Gasteiger partial charge is 0.440 e. The Morgan fingerprint density at radius 1 is 1.04 bits per heavy atom. The number of halogens is 4. The van der Waals surface area contributed by atoms with Crippen LogP contribution >= 0.6 is 0 Å². The Labute approximate surface area is 265 Å². The first-order valence-corrected chi connectivity index (χ1v) is 16.0. The number of ether oxygens (including phenoxy) is 1. The summed E-state index contributed by atoms with van der Waals surface area (Å²) in [6.07, 6.45) is -2.36. The van der Waals surface area contributed by atoms with Crippen molar-refractivity contribution in [1.29, 1.82) is 0 Å². The third-order valence-electron chi connectivity index (χ3n) is 7.56. The molecule has 10 nitrogen and oxygen atoms in total. The minimum Gasteiger partial charge on any atom is -0.440 e. The Morgan fingerprint density at radius 3 is 2.32 bits per heavy atom. The average Bonchev–Trinajstić information content (AvgIpc) is 3.62. The van der Waals surface area contributed by atoms with Gasteiger partial charge in [-0.1, -0.05) is 12.1 Å². The van der Waals surface area contributed by atoms with Crippen molar-refractivity contribution >= 4 is 15.7 Å². The number of sulfone groups is 1. The van der Waals surface area contributed by atoms with Crippen LogP contribution in [0.2, 0.25) is 0 Å². The molecule has 15 heteroatoms. The second kappa shape index (κ2) is 11.7. The first-order chi connectivity index (χ1) is 22.1. The van der Waals surface area contributed by atoms with Gasteiger partial charge in [-0.2, -0.15) is 5.10 Å². The van der Waals surface area contributed by atoms with Crippen molar-refractivity contribution in [2.75, 3.05) is 6.26 Å². The van der Waals surface area contributed by atoms with E-state index >= 15 is 4.39 Å². The van der Waals surface area contributed by atoms with Gasteiger partial charge >= 0.3 is 6.36 Å². The second-order valence-electron chi connectivity index (χ2n) is 11.1. The molecule has 0 spiro atoms. The lowest BCUT2D eigenvalue weighted by atomic mass is 9.93. The lowest BCUT2D eigenvalue weighted by Crippen LogP contribution is -2.16. The fourth-order valence-electron chi connectivity index (χ4n) is 5.33. The molecule has 47 heavy (non-hydrogen) atoms. The third-order valence-corrected chi connectivity index (χ3v) is 8.73. The summed E-state index contributed by atoms with van der Waals surface area (Å²) in [6, 6.07) is 13.8. The molecule has 2 aromatic heterocycles. The summed E-state index contributed by atoms with van der Waals surface area (Å²) in [5, 5.41) is 14.1. The third kappa shape index (κ3) is 6.49. The summed E-state index contributed by atoms with van der Waals surface area (Å²) in [7, 11) is -3.94. The van der Waals surface area contributed by atoms with Crippen LogP contribution in [-0.2, 0) is 16.4 Å². The van der Waals surface area contributed by atoms with Gasteiger partial charge in [0, 0.05) is 35.4 Å². The molecule has 1 aliphatic carbocycles. The summed E-state index contributed by atoms with van der Waals surface area (Å²) < 4.78 is 90.3. The summed E-state index contributed by atoms with van der Waals surface area (Å²) in [4.78, 5) is 16.2. The van der Waals surface area contributed by atoms with Gasteiger partial charge in [-0.05, 0) is 72.5 Å². The molecule has 1 saturated carbocycles. The Balaban J connectivity index is 1.58. The Morgan fingerprint density at radius 2 is 1.72 bits per heavy atom. The van der Waals surface area contributed by atoms with Crippen LogP contribution in [0.25, 0.3) is 45.0 Å². The highest BCUT2D eigenvalue weighted by Crippen LogP contribution is 2.45. The van der Waals surface area contributed by atoms with Crippen LogP contribution in [0.1, 0.15) is 40.8 Å². The van der Waals surface area contributed by atoms with Crippen LogP contribution in [0.5, 0.6) is 5.75 Å². The van der Waals surface area contributed by atoms with E-state index < -0.39 is 40.3 Å². The number of nitrogens with zero attached hydrogens (tertiary/aromatic N) is 3. The normalized spacial score (nSPS) is 13.6. The van der Waals surface area contributed by atoms with Crippen molar-refractivity contribution in [3.8, 4) is 50.7 Å². The molecule has 5 aromatic rings. The first-order valence-electron chi connectivity index (χ1n) is 14.1. The van der Waals surface area contributed by atoms with Crippen LogP contribution in [0.3, 0.4) is 0 Å². The van der Waals surface area contributed by atoms with E-state index in [2.05, 4.69) is 14.8 Å². The lowest BCUT2D eigenvalue weighted by molar-refractivity contribution is -0.274. The Kier molecular flexibility index (Phi) is 7.92. The standard InChI is InChI=1S/C32H26F4N4O6S/c1-16-38-29(17-3-8-21(9-4-17)46-32(34,35)36)30(45-16)23-11-18(19-12-25(33)24(15-41)28(13-19)47(2,43)44)5-10-22(23)27-14-26(31(37)42)39-40(27)20-6-7-20/h3-5,8-14,20,41H,6-7,15H2,1-2H3,(H2,37,42). The quantitative estimate of drug-likeness (QED) is 0.176. The van der Waals surface area contributed by atoms with Crippen molar-refractivity contribution in [2.24, 2.45) is 5.73 Å². The molecule has 0 atom stereocenters. The maximum atomic E-state index is 15.2. The number of carbonyl (C=O) groups excluding carboxylic acids is 1. The Hall–Kier alpha value is -5.02. The molecule has 0 bridgehead atoms. The van der Waals surface area contributed by atoms with Crippen LogP contribution in [0.4, 0.5) is 17.6 Å². The van der Waals surface area contributed by atoms with Gasteiger partial charge in [-0.3, -0.25) is 9.48 Å². The van der Waals surface area contributed by atoms with Crippen LogP contribution in [0.15, 0.2) is 70.0 Å². The number of aromatic nitrogens is 3. The fourth-order valence-corrected chi connectivity index (χ4v) is 6.28. The minimum atomic E-state index is -4.88. The molecule has 6 rings (SSSR count). The number of alkyl halides is 3. The average molecular weight is 671 g/mol. The van der Waals surface area contributed by atoms with Crippen molar-refractivity contribution in [2.45, 2.75) is 43.7 Å². The number of carbonyl (C=O) groups is 1. The molecule has 0 saturated heterocycles. The molecule has 0 aliphatic heterocycles. The second-order valence-corrected chi connectivity index (χ2v) is 13.0. The van der Waals surface area contributed by atoms with Gasteiger partial charge in [0.2, 0.25) is 0 Å². The number of nitrogens with two attached hydrogens (primary N) is 1. The van der Waals surface area contributed by atoms with E-state index in [0.29, 0.717) is 27.9 Å². The first kappa shape index (κ1) is 31.9. The van der Waals surface area contributed by atoms with Gasteiger partial charge in [-0.25, -0.2) is 17.8 Å². The highest BCUT2D eigenvalue weighted by molar-refractivity contribution is 7.90. The topological polar surface area (TPSA) is 151 Å². The van der Waals surface area contributed by atoms with E-state index in [1.165, 1.54) is 24.3 Å². The van der Waals surface area contributed by atoms with Crippen LogP contribution in [0, 0.1) is 12.7 Å². The lowest BCUT2D eigenvalue weighted by Gasteiger charge is -2.15. The predicted molar refractivity (Wildman–Crippen MR) is 161 cm³/mol. The zero-order valence-electron chi connectivity index (χ0n) is 24.8. The summed E-state index contributed by atoms with van der Waals surface area (Å²) in [5.74, 6) is -1.70. The van der Waals surface area contributed by atoms with E-state index in [9.17, 15) is 31.5 Å². The summed E-state index contributed by atoms with van der Waals surface area (Å²) in [5.41, 5.74) is 7.77. The van der Waals surface area contributed by atoms with Gasteiger partial charge < -0.3 is 20.0 Å². The number of aliphatic hydroxyl groups excluding tert-OH is 1. The van der Waals surface area contributed by atoms with Crippen LogP contribution in [-0.4, -0.2) is 46.8 Å². The minimum absolute atomic E-state index is 0.000164. The molecule has 3 aromatic carbocycles. The molecular formula is C32H26F4N4O6S. The van der Waals surface area contributed by atoms with Gasteiger partial charge in [0.05, 0.1) is 23.2 Å². The number of aliphatic hydroxyl groups is 1. The number of aryl methyl sites for hydroxylation is 1. The number of hydrogen-bond donors (Lipinski definition) is 2. The van der Waals surface area contributed by atoms with Crippen molar-refractivity contribution in [1.82, 2.24) is 14.8 Å². The maximum Gasteiger partial charge on any atom is 0.573 e. The fraction of sp³-hybridized carbons (Fsp3) is 0.219. The number of benzene rings is 3. The van der Waals surface area contributed by atoms with E-state index in [0.717, 1.165) is 37.3 Å². The SMILES string of the molecule is Cc1nc(-c2ccc(OC(F)(F)F)cc2)c(-c2cc(-c3cc(F)c(CO)c(S(C)(=O)=O)c3)ccc2-c2cc(C(N)=O)nn2C2CC2)o1. The number of oxazole rings is 1. The predicted octanol–water partition coefficient (Wildman–Crippen LogP) is 6.21. The van der Waals surface area contributed by atoms with Crippen LogP contribution < -0.4 is 10.5 Å². The van der Waals surface area contributed by atoms with Crippen molar-refractivity contribution in [3.05, 3.63) is 83.6 Å². The Bertz CT molecular complexity index is 2140. The summed E-state index contributed by atoms with van der Waals surface area (Å²) >= 11 is 0. The number of rotatable bonds is 9. The van der Waals surface area contributed by atoms with E-state index in [1.807, 2.05) is 0 Å². The van der Waals surface area contributed by atoms with Gasteiger partial charge in [0.1, 0.15) is 17.3 Å². The van der Waals surface area contributed by atoms with Gasteiger partial charge in [-0.15, -0.1) is 13.2 Å². The maximum absolute atomic E-state index is 15.2. The van der Waals surface area contributed by atoms with Gasteiger partial charge in [0.15, 0.2) is 27.2 Å². The largest absolute Gasteiger partial charge is 0.573 e. The molecule has 1 fully saturated rings. The van der Waals surface area contributed by atoms with Crippen molar-refractivity contribution in [3.63, 3.8) is 0 Å². The van der Waals surface area contributed by atoms with E-state index in [1.54, 1.807) is 29.8 Å². The van der Waals surface area contributed by atoms with E-state index in [-0.39, 0.29) is 45.1 Å². The number of primary amides is 1. The molecule has 1 aliphatic rings. The van der Waals surface area contributed by atoms with E-state index in [4.69, 9.17) is 10.2 Å². The highest BCUT2D eigenvalue weighted by Gasteiger charge is 2.32. The molecule has 0 unspecified atom stereocenters. The highest BCUT2D eigenvalue weighted by atomic mass is 32.2. The van der Waals surface area contributed by atoms with Gasteiger partial charge in [0.25, 0.3) is 5.91 Å². The summed E-state index contributed by atoms with van der Waals surface area (Å²) in [6.45, 7) is 0.748. The molecule has 0 radical (unpaired) electrons. The van der Waals surface area contributed by atoms with Crippen molar-refractivity contribution < 1.29 is 45.0 Å². The molecule has 2 heterocycles. The zero-order valence-corrected chi connectivity index (χ0v) is 25.6. The molecule has 244 valence electrons.